The molecule has 0 saturated carbocycles. The van der Waals surface area contributed by atoms with Crippen molar-refractivity contribution >= 4 is 29.4 Å². The zero-order valence-corrected chi connectivity index (χ0v) is 27.7. The molecule has 6 rings (SSSR count). The number of allylic oxidation sites excluding steroid dienone is 2. The number of aromatic nitrogens is 5. The van der Waals surface area contributed by atoms with Crippen LogP contribution in [0.5, 0.6) is 5.75 Å². The topological polar surface area (TPSA) is 183 Å². The van der Waals surface area contributed by atoms with Gasteiger partial charge in [0, 0.05) is 51.7 Å². The SMILES string of the molecule is CC/C(NCC(=O)Nc1ccc(C(F)(F)F)c2c1CC2)=C(/C(=O)n1nc(N(C)C)[nH]1)N1CCN(C(=O)c2nc3n(c(=O)c2O)CCOC3)CC1. The minimum atomic E-state index is -4.48. The molecule has 0 radical (unpaired) electrons. The molecule has 0 bridgehead atoms. The van der Waals surface area contributed by atoms with E-state index in [0.29, 0.717) is 35.7 Å². The summed E-state index contributed by atoms with van der Waals surface area (Å²) >= 11 is 0. The van der Waals surface area contributed by atoms with Crippen LogP contribution in [-0.4, -0.2) is 111 Å². The summed E-state index contributed by atoms with van der Waals surface area (Å²) in [6.07, 6.45) is -3.49. The number of carbonyl (C=O) groups is 3. The van der Waals surface area contributed by atoms with Gasteiger partial charge in [-0.2, -0.15) is 13.2 Å². The van der Waals surface area contributed by atoms with E-state index in [1.54, 1.807) is 30.8 Å². The Labute approximate surface area is 283 Å². The van der Waals surface area contributed by atoms with Crippen molar-refractivity contribution < 1.29 is 37.4 Å². The van der Waals surface area contributed by atoms with E-state index in [0.717, 1.165) is 10.9 Å². The Kier molecular flexibility index (Phi) is 9.34. The van der Waals surface area contributed by atoms with Gasteiger partial charge in [-0.05, 0) is 42.5 Å². The van der Waals surface area contributed by atoms with E-state index in [4.69, 9.17) is 4.74 Å². The summed E-state index contributed by atoms with van der Waals surface area (Å²) in [6.45, 7) is 2.61. The molecule has 4 heterocycles. The van der Waals surface area contributed by atoms with E-state index >= 15 is 0 Å². The Morgan fingerprint density at radius 3 is 2.36 bits per heavy atom. The van der Waals surface area contributed by atoms with Gasteiger partial charge in [0.05, 0.1) is 25.3 Å². The van der Waals surface area contributed by atoms with Crippen LogP contribution in [-0.2, 0) is 41.7 Å². The fraction of sp³-hybridized carbons (Fsp3) is 0.484. The van der Waals surface area contributed by atoms with Gasteiger partial charge in [0.15, 0.2) is 5.69 Å². The zero-order chi connectivity index (χ0) is 35.9. The first-order valence-electron chi connectivity index (χ1n) is 16.1. The maximum atomic E-state index is 13.8. The fourth-order valence-electron chi connectivity index (χ4n) is 6.19. The smallest absolute Gasteiger partial charge is 0.416 e. The van der Waals surface area contributed by atoms with Gasteiger partial charge in [-0.15, -0.1) is 9.90 Å². The van der Waals surface area contributed by atoms with Crippen molar-refractivity contribution in [2.75, 3.05) is 63.6 Å². The number of H-pyrrole nitrogens is 1. The van der Waals surface area contributed by atoms with Gasteiger partial charge in [-0.25, -0.2) is 10.1 Å². The number of aromatic amines is 1. The van der Waals surface area contributed by atoms with E-state index < -0.39 is 40.8 Å². The van der Waals surface area contributed by atoms with E-state index in [2.05, 4.69) is 25.8 Å². The van der Waals surface area contributed by atoms with E-state index in [1.165, 1.54) is 15.5 Å². The maximum absolute atomic E-state index is 13.8. The Morgan fingerprint density at radius 2 is 1.74 bits per heavy atom. The molecule has 16 nitrogen and oxygen atoms in total. The van der Waals surface area contributed by atoms with Crippen molar-refractivity contribution in [1.82, 2.24) is 39.7 Å². The molecule has 1 aromatic carbocycles. The van der Waals surface area contributed by atoms with Gasteiger partial charge in [0.25, 0.3) is 11.5 Å². The molecule has 1 fully saturated rings. The second-order valence-corrected chi connectivity index (χ2v) is 12.3. The van der Waals surface area contributed by atoms with Gasteiger partial charge in [-0.3, -0.25) is 23.7 Å². The molecule has 2 amide bonds. The van der Waals surface area contributed by atoms with Crippen LogP contribution in [0, 0.1) is 0 Å². The molecule has 19 heteroatoms. The third kappa shape index (κ3) is 6.51. The lowest BCUT2D eigenvalue weighted by Gasteiger charge is -2.37. The summed E-state index contributed by atoms with van der Waals surface area (Å²) in [4.78, 5) is 63.1. The maximum Gasteiger partial charge on any atom is 0.416 e. The van der Waals surface area contributed by atoms with Crippen LogP contribution in [0.4, 0.5) is 24.8 Å². The summed E-state index contributed by atoms with van der Waals surface area (Å²) in [5.41, 5.74) is -0.226. The highest BCUT2D eigenvalue weighted by Crippen LogP contribution is 2.41. The van der Waals surface area contributed by atoms with Crippen LogP contribution >= 0.6 is 0 Å². The number of piperazine rings is 1. The molecule has 4 N–H and O–H groups in total. The number of anilines is 2. The minimum Gasteiger partial charge on any atom is -0.501 e. The third-order valence-electron chi connectivity index (χ3n) is 8.96. The highest BCUT2D eigenvalue weighted by molar-refractivity contribution is 5.97. The molecule has 268 valence electrons. The molecule has 2 aromatic heterocycles. The number of hydrogen-bond acceptors (Lipinski definition) is 11. The Bertz CT molecular complexity index is 1910. The predicted octanol–water partition coefficient (Wildman–Crippen LogP) is 1.14. The van der Waals surface area contributed by atoms with Crippen LogP contribution in [0.1, 0.15) is 51.1 Å². The van der Waals surface area contributed by atoms with Crippen LogP contribution in [0.15, 0.2) is 28.3 Å². The number of fused-ring (bicyclic) bond motifs is 2. The lowest BCUT2D eigenvalue weighted by atomic mass is 9.83. The van der Waals surface area contributed by atoms with Crippen LogP contribution < -0.4 is 21.1 Å². The standard InChI is InChI=1S/C31H37F3N10O6/c1-4-20(35-15-23(45)36-21-8-7-19(31(32,33)34)17-5-6-18(17)21)25(28(48)44-38-30(39-44)40(2)3)41-9-11-42(12-10-41)27(47)24-26(46)29(49)43-13-14-50-16-22(43)37-24/h7-8,35,46H,4-6,9-16H2,1-3H3,(H,36,45)(H,38,39)/b25-20+. The van der Waals surface area contributed by atoms with Crippen molar-refractivity contribution in [2.45, 2.75) is 45.5 Å². The zero-order valence-electron chi connectivity index (χ0n) is 27.7. The van der Waals surface area contributed by atoms with E-state index in [-0.39, 0.29) is 81.7 Å². The first kappa shape index (κ1) is 34.5. The highest BCUT2D eigenvalue weighted by Gasteiger charge is 2.37. The summed E-state index contributed by atoms with van der Waals surface area (Å²) in [5.74, 6) is -1.72. The Morgan fingerprint density at radius 1 is 1.06 bits per heavy atom. The summed E-state index contributed by atoms with van der Waals surface area (Å²) in [7, 11) is 3.50. The largest absolute Gasteiger partial charge is 0.501 e. The lowest BCUT2D eigenvalue weighted by Crippen LogP contribution is -2.51. The lowest BCUT2D eigenvalue weighted by molar-refractivity contribution is -0.138. The van der Waals surface area contributed by atoms with Gasteiger partial charge in [0.1, 0.15) is 18.1 Å². The fourth-order valence-corrected chi connectivity index (χ4v) is 6.19. The Balaban J connectivity index is 1.19. The first-order valence-corrected chi connectivity index (χ1v) is 16.1. The number of halogens is 3. The summed E-state index contributed by atoms with van der Waals surface area (Å²) < 4.78 is 46.7. The molecule has 1 aliphatic carbocycles. The summed E-state index contributed by atoms with van der Waals surface area (Å²) in [5, 5.41) is 23.3. The quantitative estimate of drug-likeness (QED) is 0.235. The predicted molar refractivity (Wildman–Crippen MR) is 172 cm³/mol. The van der Waals surface area contributed by atoms with Crippen LogP contribution in [0.25, 0.3) is 0 Å². The monoisotopic (exact) mass is 702 g/mol. The number of aromatic hydroxyl groups is 1. The molecule has 0 spiro atoms. The average molecular weight is 703 g/mol. The van der Waals surface area contributed by atoms with Crippen molar-refractivity contribution in [3.05, 3.63) is 62.1 Å². The van der Waals surface area contributed by atoms with E-state index in [9.17, 15) is 37.5 Å². The number of alkyl halides is 3. The van der Waals surface area contributed by atoms with Gasteiger partial charge < -0.3 is 35.2 Å². The number of rotatable bonds is 9. The number of ether oxygens (including phenoxy) is 1. The van der Waals surface area contributed by atoms with Crippen LogP contribution in [0.3, 0.4) is 0 Å². The highest BCUT2D eigenvalue weighted by atomic mass is 19.4. The second-order valence-electron chi connectivity index (χ2n) is 12.3. The van der Waals surface area contributed by atoms with Gasteiger partial charge >= 0.3 is 12.1 Å². The molecule has 1 saturated heterocycles. The molecule has 2 aliphatic heterocycles. The van der Waals surface area contributed by atoms with Crippen molar-refractivity contribution in [2.24, 2.45) is 0 Å². The molecular weight excluding hydrogens is 665 g/mol. The average Bonchev–Trinajstić information content (AvgIpc) is 3.03. The number of nitrogens with zero attached hydrogens (tertiary/aromatic N) is 7. The second kappa shape index (κ2) is 13.5. The van der Waals surface area contributed by atoms with Crippen molar-refractivity contribution in [3.8, 4) is 5.75 Å². The van der Waals surface area contributed by atoms with Gasteiger partial charge in [0.2, 0.25) is 17.6 Å². The number of hydrogen-bond donors (Lipinski definition) is 4. The first-order chi connectivity index (χ1) is 23.8. The Hall–Kier alpha value is -5.33. The number of nitrogens with one attached hydrogen (secondary N) is 3. The van der Waals surface area contributed by atoms with Crippen molar-refractivity contribution in [1.29, 1.82) is 0 Å². The normalized spacial score (nSPS) is 16.2. The van der Waals surface area contributed by atoms with Crippen LogP contribution in [0.2, 0.25) is 0 Å². The van der Waals surface area contributed by atoms with Crippen molar-refractivity contribution in [3.63, 3.8) is 0 Å². The number of carbonyl (C=O) groups excluding carboxylic acids is 3. The molecule has 0 atom stereocenters. The number of benzene rings is 1. The third-order valence-corrected chi connectivity index (χ3v) is 8.96. The molecular formula is C31H37F3N10O6. The number of amides is 2. The molecule has 3 aromatic rings. The molecule has 3 aliphatic rings. The molecule has 50 heavy (non-hydrogen) atoms. The van der Waals surface area contributed by atoms with Gasteiger partial charge in [-0.1, -0.05) is 6.92 Å². The summed E-state index contributed by atoms with van der Waals surface area (Å²) in [6, 6.07) is 2.23. The minimum absolute atomic E-state index is 0.0275. The van der Waals surface area contributed by atoms with E-state index in [1.807, 2.05) is 0 Å². The molecule has 0 unspecified atom stereocenters.